The molecule has 0 radical (unpaired) electrons. The summed E-state index contributed by atoms with van der Waals surface area (Å²) < 4.78 is 15.7. The fourth-order valence-corrected chi connectivity index (χ4v) is 3.48. The zero-order valence-electron chi connectivity index (χ0n) is 16.1. The van der Waals surface area contributed by atoms with Crippen molar-refractivity contribution in [1.82, 2.24) is 4.98 Å². The van der Waals surface area contributed by atoms with Gasteiger partial charge in [0, 0.05) is 16.3 Å². The first-order chi connectivity index (χ1) is 14.6. The molecule has 4 aromatic rings. The molecule has 0 saturated carbocycles. The lowest BCUT2D eigenvalue weighted by Crippen LogP contribution is -2.03. The Balaban J connectivity index is 1.57. The van der Waals surface area contributed by atoms with Gasteiger partial charge in [0.2, 0.25) is 5.13 Å². The topological polar surface area (TPSA) is 106 Å². The summed E-state index contributed by atoms with van der Waals surface area (Å²) in [6.45, 7) is 0. The Morgan fingerprint density at radius 2 is 2.07 bits per heavy atom. The van der Waals surface area contributed by atoms with E-state index in [1.54, 1.807) is 55.0 Å². The van der Waals surface area contributed by atoms with E-state index in [0.29, 0.717) is 39.0 Å². The molecule has 0 spiro atoms. The summed E-state index contributed by atoms with van der Waals surface area (Å²) >= 11 is 1.28. The van der Waals surface area contributed by atoms with Crippen LogP contribution >= 0.6 is 11.3 Å². The lowest BCUT2D eigenvalue weighted by molar-refractivity contribution is 0.373. The van der Waals surface area contributed by atoms with Gasteiger partial charge < -0.3 is 19.0 Å². The predicted octanol–water partition coefficient (Wildman–Crippen LogP) is 4.09. The molecule has 2 aromatic carbocycles. The first-order valence-corrected chi connectivity index (χ1v) is 9.70. The Morgan fingerprint density at radius 3 is 2.87 bits per heavy atom. The third-order valence-electron chi connectivity index (χ3n) is 4.33. The summed E-state index contributed by atoms with van der Waals surface area (Å²) in [5.74, 6) is 1.02. The molecule has 0 aliphatic rings. The van der Waals surface area contributed by atoms with E-state index < -0.39 is 5.63 Å². The molecule has 0 amide bonds. The molecule has 0 atom stereocenters. The maximum atomic E-state index is 12.4. The molecule has 30 heavy (non-hydrogen) atoms. The number of benzene rings is 2. The van der Waals surface area contributed by atoms with Crippen LogP contribution in [0, 0.1) is 0 Å². The smallest absolute Gasteiger partial charge is 0.345 e. The van der Waals surface area contributed by atoms with E-state index in [9.17, 15) is 9.90 Å². The third-order valence-corrected chi connectivity index (χ3v) is 5.08. The molecule has 2 heterocycles. The summed E-state index contributed by atoms with van der Waals surface area (Å²) in [6, 6.07) is 12.0. The average molecular weight is 423 g/mol. The number of nitrogens with zero attached hydrogens (tertiary/aromatic N) is 2. The van der Waals surface area contributed by atoms with E-state index in [-0.39, 0.29) is 5.75 Å². The normalized spacial score (nSPS) is 11.1. The Kier molecular flexibility index (Phi) is 5.36. The molecule has 4 rings (SSSR count). The van der Waals surface area contributed by atoms with E-state index in [1.807, 2.05) is 0 Å². The third kappa shape index (κ3) is 3.83. The van der Waals surface area contributed by atoms with Crippen LogP contribution in [0.4, 0.5) is 5.13 Å². The van der Waals surface area contributed by atoms with Crippen molar-refractivity contribution in [1.29, 1.82) is 0 Å². The van der Waals surface area contributed by atoms with Gasteiger partial charge in [-0.15, -0.1) is 11.3 Å². The number of hydrogen-bond donors (Lipinski definition) is 2. The van der Waals surface area contributed by atoms with Crippen LogP contribution in [-0.4, -0.2) is 30.5 Å². The highest BCUT2D eigenvalue weighted by Crippen LogP contribution is 2.29. The number of fused-ring (bicyclic) bond motifs is 1. The standard InChI is InChI=1S/C21H17N3O5S/c1-27-14-6-7-17-13(8-14)9-15(20(26)29-17)16-11-30-21(23-16)24-22-10-12-4-3-5-18(28-2)19(12)25/h3-11,25H,1-2H3,(H,23,24)/b22-10+. The van der Waals surface area contributed by atoms with Gasteiger partial charge in [-0.2, -0.15) is 5.10 Å². The lowest BCUT2D eigenvalue weighted by atomic mass is 10.1. The molecule has 152 valence electrons. The second kappa shape index (κ2) is 8.26. The zero-order chi connectivity index (χ0) is 21.1. The van der Waals surface area contributed by atoms with Crippen LogP contribution in [-0.2, 0) is 0 Å². The van der Waals surface area contributed by atoms with Crippen molar-refractivity contribution in [3.8, 4) is 28.5 Å². The van der Waals surface area contributed by atoms with Crippen molar-refractivity contribution in [3.63, 3.8) is 0 Å². The van der Waals surface area contributed by atoms with Gasteiger partial charge in [-0.05, 0) is 36.4 Å². The number of nitrogens with one attached hydrogen (secondary N) is 1. The van der Waals surface area contributed by atoms with Crippen molar-refractivity contribution >= 4 is 33.7 Å². The fourth-order valence-electron chi connectivity index (χ4n) is 2.82. The van der Waals surface area contributed by atoms with Gasteiger partial charge in [-0.25, -0.2) is 9.78 Å². The minimum atomic E-state index is -0.477. The number of hydrazone groups is 1. The number of methoxy groups -OCH3 is 2. The highest BCUT2D eigenvalue weighted by Gasteiger charge is 2.12. The number of rotatable bonds is 6. The van der Waals surface area contributed by atoms with Crippen molar-refractivity contribution < 1.29 is 19.0 Å². The molecule has 0 aliphatic heterocycles. The van der Waals surface area contributed by atoms with Crippen LogP contribution in [0.1, 0.15) is 5.56 Å². The van der Waals surface area contributed by atoms with E-state index in [1.165, 1.54) is 24.7 Å². The number of para-hydroxylation sites is 1. The Bertz CT molecular complexity index is 1300. The highest BCUT2D eigenvalue weighted by atomic mass is 32.1. The van der Waals surface area contributed by atoms with Gasteiger partial charge in [-0.3, -0.25) is 5.43 Å². The molecule has 2 aromatic heterocycles. The van der Waals surface area contributed by atoms with Crippen LogP contribution < -0.4 is 20.5 Å². The maximum Gasteiger partial charge on any atom is 0.345 e. The van der Waals surface area contributed by atoms with Crippen LogP contribution in [0.15, 0.2) is 62.2 Å². The molecular weight excluding hydrogens is 406 g/mol. The average Bonchev–Trinajstić information content (AvgIpc) is 3.22. The summed E-state index contributed by atoms with van der Waals surface area (Å²) in [6.07, 6.45) is 1.45. The van der Waals surface area contributed by atoms with E-state index in [2.05, 4.69) is 15.5 Å². The number of phenols is 1. The van der Waals surface area contributed by atoms with Crippen molar-refractivity contribution in [3.05, 3.63) is 63.8 Å². The van der Waals surface area contributed by atoms with Crippen LogP contribution in [0.2, 0.25) is 0 Å². The van der Waals surface area contributed by atoms with Gasteiger partial charge in [0.05, 0.1) is 31.7 Å². The monoisotopic (exact) mass is 423 g/mol. The molecule has 0 bridgehead atoms. The van der Waals surface area contributed by atoms with E-state index in [0.717, 1.165) is 5.39 Å². The van der Waals surface area contributed by atoms with Crippen molar-refractivity contribution in [2.45, 2.75) is 0 Å². The Morgan fingerprint density at radius 1 is 1.20 bits per heavy atom. The van der Waals surface area contributed by atoms with Gasteiger partial charge in [0.1, 0.15) is 11.3 Å². The SMILES string of the molecule is COc1ccc2oc(=O)c(-c3csc(N/N=C/c4cccc(OC)c4O)n3)cc2c1. The molecule has 0 unspecified atom stereocenters. The first kappa shape index (κ1) is 19.5. The molecule has 9 heteroatoms. The number of hydrogen-bond acceptors (Lipinski definition) is 9. The van der Waals surface area contributed by atoms with Crippen LogP contribution in [0.25, 0.3) is 22.2 Å². The summed E-state index contributed by atoms with van der Waals surface area (Å²) in [5, 5.41) is 17.1. The summed E-state index contributed by atoms with van der Waals surface area (Å²) in [5.41, 5.74) is 4.09. The van der Waals surface area contributed by atoms with Crippen molar-refractivity contribution in [2.75, 3.05) is 19.6 Å². The Labute approximate surface area is 175 Å². The molecule has 2 N–H and O–H groups in total. The minimum absolute atomic E-state index is 0.00502. The van der Waals surface area contributed by atoms with Crippen LogP contribution in [0.5, 0.6) is 17.2 Å². The molecular formula is C21H17N3O5S. The number of aromatic hydroxyl groups is 1. The summed E-state index contributed by atoms with van der Waals surface area (Å²) in [7, 11) is 3.05. The second-order valence-corrected chi connectivity index (χ2v) is 7.02. The largest absolute Gasteiger partial charge is 0.504 e. The molecule has 0 fully saturated rings. The quantitative estimate of drug-likeness (QED) is 0.273. The van der Waals surface area contributed by atoms with Gasteiger partial charge in [0.15, 0.2) is 11.5 Å². The number of ether oxygens (including phenoxy) is 2. The number of phenolic OH excluding ortho intramolecular Hbond substituents is 1. The summed E-state index contributed by atoms with van der Waals surface area (Å²) in [4.78, 5) is 16.8. The zero-order valence-corrected chi connectivity index (χ0v) is 16.9. The van der Waals surface area contributed by atoms with Gasteiger partial charge >= 0.3 is 5.63 Å². The van der Waals surface area contributed by atoms with Crippen LogP contribution in [0.3, 0.4) is 0 Å². The number of aromatic nitrogens is 1. The number of anilines is 1. The van der Waals surface area contributed by atoms with E-state index in [4.69, 9.17) is 13.9 Å². The minimum Gasteiger partial charge on any atom is -0.504 e. The van der Waals surface area contributed by atoms with Gasteiger partial charge in [0.25, 0.3) is 0 Å². The molecule has 0 saturated heterocycles. The second-order valence-electron chi connectivity index (χ2n) is 6.16. The van der Waals surface area contributed by atoms with Gasteiger partial charge in [-0.1, -0.05) is 6.07 Å². The fraction of sp³-hybridized carbons (Fsp3) is 0.0952. The number of thiazole rings is 1. The van der Waals surface area contributed by atoms with E-state index >= 15 is 0 Å². The predicted molar refractivity (Wildman–Crippen MR) is 116 cm³/mol. The maximum absolute atomic E-state index is 12.4. The molecule has 0 aliphatic carbocycles. The first-order valence-electron chi connectivity index (χ1n) is 8.82. The van der Waals surface area contributed by atoms with Crippen molar-refractivity contribution in [2.24, 2.45) is 5.10 Å². The molecule has 8 nitrogen and oxygen atoms in total. The lowest BCUT2D eigenvalue weighted by Gasteiger charge is -2.04. The highest BCUT2D eigenvalue weighted by molar-refractivity contribution is 7.14. The Hall–Kier alpha value is -3.85.